The number of halogens is 3. The Morgan fingerprint density at radius 2 is 1.80 bits per heavy atom. The molecule has 4 aromatic rings. The molecule has 1 amide bonds. The Labute approximate surface area is 203 Å². The van der Waals surface area contributed by atoms with Crippen molar-refractivity contribution in [1.82, 2.24) is 14.8 Å². The molecular weight excluding hydrogens is 481 g/mol. The van der Waals surface area contributed by atoms with Crippen molar-refractivity contribution >= 4 is 22.9 Å². The largest absolute Gasteiger partial charge is 0.460 e. The highest BCUT2D eigenvalue weighted by Gasteiger charge is 2.30. The number of rotatable bonds is 9. The van der Waals surface area contributed by atoms with Crippen LogP contribution in [0.25, 0.3) is 17.1 Å². The van der Waals surface area contributed by atoms with E-state index in [0.29, 0.717) is 29.4 Å². The first-order valence-corrected chi connectivity index (χ1v) is 11.4. The summed E-state index contributed by atoms with van der Waals surface area (Å²) >= 11 is 1.51. The molecule has 2 aromatic carbocycles. The van der Waals surface area contributed by atoms with E-state index >= 15 is 0 Å². The van der Waals surface area contributed by atoms with Crippen molar-refractivity contribution in [2.24, 2.45) is 0 Å². The number of carbonyl (C=O) groups is 1. The smallest absolute Gasteiger partial charge is 0.416 e. The molecule has 0 saturated carbocycles. The van der Waals surface area contributed by atoms with E-state index in [-0.39, 0.29) is 24.9 Å². The number of aromatic nitrogens is 3. The van der Waals surface area contributed by atoms with Gasteiger partial charge in [-0.3, -0.25) is 4.79 Å². The summed E-state index contributed by atoms with van der Waals surface area (Å²) in [6.07, 6.45) is -4.16. The molecule has 0 atom stereocenters. The maximum absolute atomic E-state index is 13.0. The molecule has 0 fully saturated rings. The van der Waals surface area contributed by atoms with Crippen LogP contribution in [0, 0.1) is 0 Å². The molecule has 0 radical (unpaired) electrons. The minimum absolute atomic E-state index is 0.0604. The summed E-state index contributed by atoms with van der Waals surface area (Å²) < 4.78 is 50.9. The van der Waals surface area contributed by atoms with Gasteiger partial charge in [-0.2, -0.15) is 18.2 Å². The van der Waals surface area contributed by atoms with Gasteiger partial charge in [0.25, 0.3) is 0 Å². The zero-order valence-electron chi connectivity index (χ0n) is 18.6. The summed E-state index contributed by atoms with van der Waals surface area (Å²) in [6.45, 7) is 0.534. The lowest BCUT2D eigenvalue weighted by Crippen LogP contribution is -2.13. The first kappa shape index (κ1) is 24.4. The molecule has 2 heterocycles. The minimum atomic E-state index is -4.44. The second-order valence-electron chi connectivity index (χ2n) is 7.40. The van der Waals surface area contributed by atoms with Crippen LogP contribution in [0.15, 0.2) is 66.0 Å². The molecule has 0 bridgehead atoms. The maximum atomic E-state index is 13.0. The molecule has 0 aliphatic heterocycles. The Bertz CT molecular complexity index is 1250. The van der Waals surface area contributed by atoms with Gasteiger partial charge < -0.3 is 14.8 Å². The van der Waals surface area contributed by atoms with E-state index in [2.05, 4.69) is 15.4 Å². The van der Waals surface area contributed by atoms with Crippen LogP contribution in [0.2, 0.25) is 0 Å². The molecule has 7 nitrogen and oxygen atoms in total. The number of alkyl halides is 3. The highest BCUT2D eigenvalue weighted by atomic mass is 32.1. The molecular formula is C24H21F3N4O3S. The molecule has 0 saturated heterocycles. The average molecular weight is 503 g/mol. The molecule has 2 aromatic heterocycles. The zero-order valence-corrected chi connectivity index (χ0v) is 19.4. The fraction of sp³-hybridized carbons (Fsp3) is 0.208. The number of hydrogen-bond donors (Lipinski definition) is 1. The van der Waals surface area contributed by atoms with Gasteiger partial charge in [0.05, 0.1) is 24.3 Å². The number of thiophene rings is 1. The van der Waals surface area contributed by atoms with Gasteiger partial charge in [-0.1, -0.05) is 18.2 Å². The lowest BCUT2D eigenvalue weighted by atomic mass is 10.1. The van der Waals surface area contributed by atoms with E-state index in [0.717, 1.165) is 17.0 Å². The molecule has 182 valence electrons. The van der Waals surface area contributed by atoms with Gasteiger partial charge in [0, 0.05) is 23.2 Å². The first-order valence-electron chi connectivity index (χ1n) is 10.5. The number of ether oxygens (including phenoxy) is 2. The van der Waals surface area contributed by atoms with Crippen LogP contribution in [0.3, 0.4) is 0 Å². The third kappa shape index (κ3) is 6.25. The monoisotopic (exact) mass is 502 g/mol. The molecule has 0 unspecified atom stereocenters. The minimum Gasteiger partial charge on any atom is -0.460 e. The van der Waals surface area contributed by atoms with E-state index in [1.54, 1.807) is 24.3 Å². The number of amides is 1. The van der Waals surface area contributed by atoms with Crippen LogP contribution < -0.4 is 10.1 Å². The Morgan fingerprint density at radius 1 is 1.06 bits per heavy atom. The van der Waals surface area contributed by atoms with Crippen molar-refractivity contribution in [3.05, 3.63) is 76.5 Å². The number of anilines is 1. The first-order chi connectivity index (χ1) is 16.8. The van der Waals surface area contributed by atoms with Crippen molar-refractivity contribution in [3.63, 3.8) is 0 Å². The third-order valence-electron chi connectivity index (χ3n) is 4.89. The Kier molecular flexibility index (Phi) is 7.47. The molecule has 0 aliphatic rings. The zero-order chi connectivity index (χ0) is 24.8. The van der Waals surface area contributed by atoms with Crippen LogP contribution in [-0.2, 0) is 22.1 Å². The van der Waals surface area contributed by atoms with Crippen molar-refractivity contribution in [1.29, 1.82) is 0 Å². The second-order valence-corrected chi connectivity index (χ2v) is 8.43. The molecule has 35 heavy (non-hydrogen) atoms. The SMILES string of the molecule is COCCOc1nc(-c2ccc(C(F)(F)F)cc2)n(-c2ccc(NC(=O)Cc3cccs3)cc2)n1. The highest BCUT2D eigenvalue weighted by Crippen LogP contribution is 2.31. The number of hydrogen-bond acceptors (Lipinski definition) is 6. The number of carbonyl (C=O) groups excluding carboxylic acids is 1. The Balaban J connectivity index is 1.58. The van der Waals surface area contributed by atoms with Gasteiger partial charge >= 0.3 is 12.2 Å². The van der Waals surface area contributed by atoms with Crippen molar-refractivity contribution in [2.75, 3.05) is 25.6 Å². The number of methoxy groups -OCH3 is 1. The van der Waals surface area contributed by atoms with Crippen LogP contribution >= 0.6 is 11.3 Å². The fourth-order valence-corrected chi connectivity index (χ4v) is 3.91. The quantitative estimate of drug-likeness (QED) is 0.318. The topological polar surface area (TPSA) is 78.3 Å². The Hall–Kier alpha value is -3.70. The van der Waals surface area contributed by atoms with Gasteiger partial charge in [-0.15, -0.1) is 16.4 Å². The molecule has 1 N–H and O–H groups in total. The lowest BCUT2D eigenvalue weighted by molar-refractivity contribution is -0.137. The summed E-state index contributed by atoms with van der Waals surface area (Å²) in [5.74, 6) is 0.167. The second kappa shape index (κ2) is 10.7. The van der Waals surface area contributed by atoms with Gasteiger partial charge in [0.1, 0.15) is 6.61 Å². The standard InChI is InChI=1S/C24H21F3N4O3S/c1-33-12-13-34-23-29-22(16-4-6-17(7-5-16)24(25,26)27)31(30-23)19-10-8-18(9-11-19)28-21(32)15-20-3-2-14-35-20/h2-11,14H,12-13,15H2,1H3,(H,28,32). The summed E-state index contributed by atoms with van der Waals surface area (Å²) in [4.78, 5) is 17.6. The van der Waals surface area contributed by atoms with E-state index in [4.69, 9.17) is 9.47 Å². The van der Waals surface area contributed by atoms with Crippen LogP contribution in [-0.4, -0.2) is 41.0 Å². The van der Waals surface area contributed by atoms with Crippen LogP contribution in [0.5, 0.6) is 6.01 Å². The Morgan fingerprint density at radius 3 is 2.43 bits per heavy atom. The van der Waals surface area contributed by atoms with Gasteiger partial charge in [0.2, 0.25) is 5.91 Å². The fourth-order valence-electron chi connectivity index (χ4n) is 3.21. The van der Waals surface area contributed by atoms with E-state index in [1.807, 2.05) is 17.5 Å². The summed E-state index contributed by atoms with van der Waals surface area (Å²) in [5, 5.41) is 9.12. The third-order valence-corrected chi connectivity index (χ3v) is 5.76. The number of nitrogens with zero attached hydrogens (tertiary/aromatic N) is 3. The van der Waals surface area contributed by atoms with E-state index in [1.165, 1.54) is 35.3 Å². The maximum Gasteiger partial charge on any atom is 0.416 e. The van der Waals surface area contributed by atoms with Gasteiger partial charge in [0.15, 0.2) is 5.82 Å². The average Bonchev–Trinajstić information content (AvgIpc) is 3.49. The number of benzene rings is 2. The number of nitrogens with one attached hydrogen (secondary N) is 1. The van der Waals surface area contributed by atoms with Crippen molar-refractivity contribution in [2.45, 2.75) is 12.6 Å². The molecule has 11 heteroatoms. The van der Waals surface area contributed by atoms with Crippen LogP contribution in [0.4, 0.5) is 18.9 Å². The molecule has 0 aliphatic carbocycles. The highest BCUT2D eigenvalue weighted by molar-refractivity contribution is 7.10. The van der Waals surface area contributed by atoms with Crippen molar-refractivity contribution < 1.29 is 27.4 Å². The van der Waals surface area contributed by atoms with Crippen LogP contribution in [0.1, 0.15) is 10.4 Å². The summed E-state index contributed by atoms with van der Waals surface area (Å²) in [5.41, 5.74) is 0.861. The predicted octanol–water partition coefficient (Wildman–Crippen LogP) is 5.22. The molecule has 4 rings (SSSR count). The van der Waals surface area contributed by atoms with Gasteiger partial charge in [-0.25, -0.2) is 4.68 Å². The van der Waals surface area contributed by atoms with Crippen molar-refractivity contribution in [3.8, 4) is 23.1 Å². The van der Waals surface area contributed by atoms with Gasteiger partial charge in [-0.05, 0) is 47.8 Å². The van der Waals surface area contributed by atoms with E-state index in [9.17, 15) is 18.0 Å². The summed E-state index contributed by atoms with van der Waals surface area (Å²) in [7, 11) is 1.53. The lowest BCUT2D eigenvalue weighted by Gasteiger charge is -2.09. The molecule has 0 spiro atoms. The normalized spacial score (nSPS) is 11.4. The van der Waals surface area contributed by atoms with E-state index < -0.39 is 11.7 Å². The predicted molar refractivity (Wildman–Crippen MR) is 126 cm³/mol. The summed E-state index contributed by atoms with van der Waals surface area (Å²) in [6, 6.07) is 15.4.